The molecule has 8 heteroatoms. The monoisotopic (exact) mass is 367 g/mol. The molecule has 1 heterocycles. The lowest BCUT2D eigenvalue weighted by atomic mass is 10.2. The summed E-state index contributed by atoms with van der Waals surface area (Å²) < 4.78 is 40.0. The Morgan fingerprint density at radius 2 is 1.96 bits per heavy atom. The van der Waals surface area contributed by atoms with Gasteiger partial charge in [-0.25, -0.2) is 0 Å². The van der Waals surface area contributed by atoms with Crippen LogP contribution in [0.2, 0.25) is 5.02 Å². The van der Waals surface area contributed by atoms with E-state index in [1.54, 1.807) is 13.1 Å². The van der Waals surface area contributed by atoms with Gasteiger partial charge in [0.25, 0.3) is 0 Å². The molecular formula is C17H13ClF3N3O. The Kier molecular flexibility index (Phi) is 4.43. The molecule has 25 heavy (non-hydrogen) atoms. The number of aromatic nitrogens is 2. The molecule has 0 spiro atoms. The van der Waals surface area contributed by atoms with E-state index in [0.717, 1.165) is 29.1 Å². The van der Waals surface area contributed by atoms with Gasteiger partial charge in [-0.05, 0) is 31.2 Å². The molecule has 1 amide bonds. The third-order valence-corrected chi connectivity index (χ3v) is 4.13. The molecule has 0 aliphatic carbocycles. The van der Waals surface area contributed by atoms with Crippen molar-refractivity contribution in [3.05, 3.63) is 59.2 Å². The van der Waals surface area contributed by atoms with Gasteiger partial charge in [-0.15, -0.1) is 0 Å². The van der Waals surface area contributed by atoms with Crippen molar-refractivity contribution in [2.24, 2.45) is 0 Å². The van der Waals surface area contributed by atoms with Crippen molar-refractivity contribution in [1.29, 1.82) is 0 Å². The van der Waals surface area contributed by atoms with E-state index in [-0.39, 0.29) is 10.7 Å². The van der Waals surface area contributed by atoms with Crippen molar-refractivity contribution in [3.63, 3.8) is 0 Å². The third kappa shape index (κ3) is 3.46. The number of anilines is 1. The predicted molar refractivity (Wildman–Crippen MR) is 89.5 cm³/mol. The van der Waals surface area contributed by atoms with Gasteiger partial charge in [0.15, 0.2) is 0 Å². The van der Waals surface area contributed by atoms with Crippen LogP contribution in [0.3, 0.4) is 0 Å². The van der Waals surface area contributed by atoms with Gasteiger partial charge >= 0.3 is 6.18 Å². The number of alkyl halides is 3. The molecule has 0 bridgehead atoms. The van der Waals surface area contributed by atoms with Crippen LogP contribution in [0.25, 0.3) is 10.9 Å². The first-order chi connectivity index (χ1) is 11.8. The number of hydrogen-bond donors (Lipinski definition) is 1. The zero-order chi connectivity index (χ0) is 18.2. The fourth-order valence-electron chi connectivity index (χ4n) is 2.45. The highest BCUT2D eigenvalue weighted by atomic mass is 35.5. The summed E-state index contributed by atoms with van der Waals surface area (Å²) >= 11 is 5.91. The van der Waals surface area contributed by atoms with E-state index in [1.807, 2.05) is 24.3 Å². The molecule has 1 N–H and O–H groups in total. The topological polar surface area (TPSA) is 46.9 Å². The number of fused-ring (bicyclic) bond motifs is 1. The predicted octanol–water partition coefficient (Wildman–Crippen LogP) is 4.91. The van der Waals surface area contributed by atoms with Gasteiger partial charge in [-0.1, -0.05) is 29.8 Å². The number of hydrogen-bond acceptors (Lipinski definition) is 2. The number of amides is 1. The number of para-hydroxylation sites is 1. The third-order valence-electron chi connectivity index (χ3n) is 3.80. The van der Waals surface area contributed by atoms with E-state index in [9.17, 15) is 18.0 Å². The second kappa shape index (κ2) is 6.40. The van der Waals surface area contributed by atoms with Gasteiger partial charge < -0.3 is 5.32 Å². The van der Waals surface area contributed by atoms with Crippen LogP contribution in [0.1, 0.15) is 18.5 Å². The molecule has 3 aromatic rings. The number of nitrogens with one attached hydrogen (secondary N) is 1. The standard InChI is InChI=1S/C17H13ClF3N3O/c1-10(24-15-5-3-2-4-11(15)9-22-24)16(25)23-14-8-12(17(19,20)21)6-7-13(14)18/h2-10H,1H3,(H,23,25). The van der Waals surface area contributed by atoms with Crippen LogP contribution in [0, 0.1) is 0 Å². The Bertz CT molecular complexity index is 936. The lowest BCUT2D eigenvalue weighted by Gasteiger charge is -2.16. The fraction of sp³-hybridized carbons (Fsp3) is 0.176. The molecule has 4 nitrogen and oxygen atoms in total. The summed E-state index contributed by atoms with van der Waals surface area (Å²) in [7, 11) is 0. The molecule has 0 fully saturated rings. The van der Waals surface area contributed by atoms with Gasteiger partial charge in [-0.2, -0.15) is 18.3 Å². The summed E-state index contributed by atoms with van der Waals surface area (Å²) in [6.45, 7) is 1.61. The second-order valence-corrected chi connectivity index (χ2v) is 5.91. The van der Waals surface area contributed by atoms with Crippen LogP contribution in [-0.2, 0) is 11.0 Å². The molecule has 0 radical (unpaired) electrons. The minimum absolute atomic E-state index is 0.0267. The Morgan fingerprint density at radius 1 is 1.24 bits per heavy atom. The maximum Gasteiger partial charge on any atom is 0.416 e. The minimum atomic E-state index is -4.52. The first-order valence-electron chi connectivity index (χ1n) is 7.37. The van der Waals surface area contributed by atoms with E-state index in [4.69, 9.17) is 11.6 Å². The van der Waals surface area contributed by atoms with Crippen LogP contribution in [0.15, 0.2) is 48.7 Å². The molecule has 130 valence electrons. The zero-order valence-electron chi connectivity index (χ0n) is 13.0. The van der Waals surface area contributed by atoms with Crippen LogP contribution >= 0.6 is 11.6 Å². The molecule has 0 saturated carbocycles. The van der Waals surface area contributed by atoms with Gasteiger partial charge in [0, 0.05) is 5.39 Å². The van der Waals surface area contributed by atoms with Crippen molar-refractivity contribution >= 4 is 34.1 Å². The number of nitrogens with zero attached hydrogens (tertiary/aromatic N) is 2. The average molecular weight is 368 g/mol. The number of halogens is 4. The maximum absolute atomic E-state index is 12.8. The number of carbonyl (C=O) groups excluding carboxylic acids is 1. The molecule has 2 aromatic carbocycles. The lowest BCUT2D eigenvalue weighted by Crippen LogP contribution is -2.24. The number of rotatable bonds is 3. The Labute approximate surface area is 146 Å². The van der Waals surface area contributed by atoms with Crippen LogP contribution in [0.4, 0.5) is 18.9 Å². The molecule has 0 saturated heterocycles. The van der Waals surface area contributed by atoms with E-state index >= 15 is 0 Å². The average Bonchev–Trinajstić information content (AvgIpc) is 2.99. The van der Waals surface area contributed by atoms with Gasteiger partial charge in [0.1, 0.15) is 6.04 Å². The summed E-state index contributed by atoms with van der Waals surface area (Å²) in [6.07, 6.45) is -2.90. The van der Waals surface area contributed by atoms with Gasteiger partial charge in [0.2, 0.25) is 5.91 Å². The quantitative estimate of drug-likeness (QED) is 0.715. The van der Waals surface area contributed by atoms with Crippen LogP contribution in [0.5, 0.6) is 0 Å². The Balaban J connectivity index is 1.87. The summed E-state index contributed by atoms with van der Waals surface area (Å²) in [5.41, 5.74) is -0.227. The van der Waals surface area contributed by atoms with E-state index < -0.39 is 23.7 Å². The lowest BCUT2D eigenvalue weighted by molar-refractivity contribution is -0.137. The van der Waals surface area contributed by atoms with Crippen molar-refractivity contribution in [3.8, 4) is 0 Å². The van der Waals surface area contributed by atoms with Crippen molar-refractivity contribution in [1.82, 2.24) is 9.78 Å². The van der Waals surface area contributed by atoms with E-state index in [2.05, 4.69) is 10.4 Å². The fourth-order valence-corrected chi connectivity index (χ4v) is 2.61. The highest BCUT2D eigenvalue weighted by molar-refractivity contribution is 6.33. The molecular weight excluding hydrogens is 355 g/mol. The molecule has 1 aromatic heterocycles. The summed E-state index contributed by atoms with van der Waals surface area (Å²) in [4.78, 5) is 12.5. The Morgan fingerprint density at radius 3 is 2.68 bits per heavy atom. The first kappa shape index (κ1) is 17.3. The summed E-state index contributed by atoms with van der Waals surface area (Å²) in [6, 6.07) is 9.38. The van der Waals surface area contributed by atoms with Crippen LogP contribution in [-0.4, -0.2) is 15.7 Å². The zero-order valence-corrected chi connectivity index (χ0v) is 13.8. The highest BCUT2D eigenvalue weighted by Gasteiger charge is 2.31. The van der Waals surface area contributed by atoms with Crippen molar-refractivity contribution in [2.45, 2.75) is 19.1 Å². The molecule has 1 atom stereocenters. The second-order valence-electron chi connectivity index (χ2n) is 5.51. The maximum atomic E-state index is 12.8. The summed E-state index contributed by atoms with van der Waals surface area (Å²) in [5, 5.41) is 7.51. The molecule has 3 rings (SSSR count). The summed E-state index contributed by atoms with van der Waals surface area (Å²) in [5.74, 6) is -0.518. The molecule has 0 aliphatic rings. The molecule has 1 unspecified atom stereocenters. The van der Waals surface area contributed by atoms with Gasteiger partial charge in [-0.3, -0.25) is 9.48 Å². The largest absolute Gasteiger partial charge is 0.416 e. The highest BCUT2D eigenvalue weighted by Crippen LogP contribution is 2.34. The first-order valence-corrected chi connectivity index (χ1v) is 7.75. The number of carbonyl (C=O) groups is 1. The van der Waals surface area contributed by atoms with E-state index in [1.165, 1.54) is 4.68 Å². The minimum Gasteiger partial charge on any atom is -0.323 e. The smallest absolute Gasteiger partial charge is 0.323 e. The SMILES string of the molecule is CC(C(=O)Nc1cc(C(F)(F)F)ccc1Cl)n1ncc2ccccc21. The van der Waals surface area contributed by atoms with Gasteiger partial charge in [0.05, 0.1) is 28.0 Å². The number of benzene rings is 2. The van der Waals surface area contributed by atoms with Crippen LogP contribution < -0.4 is 5.32 Å². The Hall–Kier alpha value is -2.54. The van der Waals surface area contributed by atoms with E-state index in [0.29, 0.717) is 0 Å². The van der Waals surface area contributed by atoms with Crippen molar-refractivity contribution < 1.29 is 18.0 Å². The molecule has 0 aliphatic heterocycles. The normalized spacial score (nSPS) is 13.0. The van der Waals surface area contributed by atoms with Crippen molar-refractivity contribution in [2.75, 3.05) is 5.32 Å².